The molecule has 0 aromatic heterocycles. The van der Waals surface area contributed by atoms with Crippen LogP contribution in [0.25, 0.3) is 0 Å². The molecule has 1 nitrogen and oxygen atoms in total. The lowest BCUT2D eigenvalue weighted by atomic mass is 9.69. The monoisotopic (exact) mass is 392 g/mol. The van der Waals surface area contributed by atoms with Gasteiger partial charge in [0.1, 0.15) is 7.14 Å². The van der Waals surface area contributed by atoms with Crippen molar-refractivity contribution >= 4 is 25.7 Å². The lowest BCUT2D eigenvalue weighted by Crippen LogP contribution is -2.41. The highest BCUT2D eigenvalue weighted by Crippen LogP contribution is 2.83. The molecule has 0 amide bonds. The lowest BCUT2D eigenvalue weighted by Gasteiger charge is -2.40. The average molecular weight is 392 g/mol. The first-order valence-electron chi connectivity index (χ1n) is 9.76. The zero-order chi connectivity index (χ0) is 19.0. The second kappa shape index (κ2) is 5.79. The largest absolute Gasteiger partial charge is 0.314 e. The van der Waals surface area contributed by atoms with Gasteiger partial charge in [-0.2, -0.15) is 0 Å². The van der Waals surface area contributed by atoms with Crippen LogP contribution in [-0.4, -0.2) is 17.0 Å². The molecule has 3 heteroatoms. The average Bonchev–Trinajstić information content (AvgIpc) is 3.19. The molecule has 5 rings (SSSR count). The predicted octanol–water partition coefficient (Wildman–Crippen LogP) is 5.88. The summed E-state index contributed by atoms with van der Waals surface area (Å²) in [6.45, 7) is 9.28. The second-order valence-electron chi connectivity index (χ2n) is 8.54. The molecule has 3 heterocycles. The van der Waals surface area contributed by atoms with Crippen LogP contribution in [0.5, 0.6) is 0 Å². The van der Waals surface area contributed by atoms with Gasteiger partial charge in [0.15, 0.2) is 0 Å². The SMILES string of the molecule is CC1=CP(=O)(c2ccccc2)[C@@H]2[C@@H]3C(C)=C(C)[C@@H]([P@@]3c3ccccc3)[C@]12C. The summed E-state index contributed by atoms with van der Waals surface area (Å²) in [5, 5.41) is 2.51. The Morgan fingerprint density at radius 2 is 1.48 bits per heavy atom. The Morgan fingerprint density at radius 3 is 2.11 bits per heavy atom. The van der Waals surface area contributed by atoms with Crippen LogP contribution in [0.3, 0.4) is 0 Å². The summed E-state index contributed by atoms with van der Waals surface area (Å²) in [6, 6.07) is 21.3. The minimum Gasteiger partial charge on any atom is -0.314 e. The maximum Gasteiger partial charge on any atom is 0.141 e. The fourth-order valence-corrected chi connectivity index (χ4v) is 15.3. The summed E-state index contributed by atoms with van der Waals surface area (Å²) in [6.07, 6.45) is 0. The van der Waals surface area contributed by atoms with Crippen LogP contribution in [0.15, 0.2) is 83.2 Å². The van der Waals surface area contributed by atoms with E-state index in [0.717, 1.165) is 5.30 Å². The third kappa shape index (κ3) is 2.08. The Labute approximate surface area is 163 Å². The van der Waals surface area contributed by atoms with E-state index in [9.17, 15) is 4.57 Å². The summed E-state index contributed by atoms with van der Waals surface area (Å²) in [5.74, 6) is 2.18. The molecule has 0 N–H and O–H groups in total. The van der Waals surface area contributed by atoms with Crippen molar-refractivity contribution in [1.82, 2.24) is 0 Å². The van der Waals surface area contributed by atoms with Crippen LogP contribution in [0.4, 0.5) is 0 Å². The molecule has 0 aliphatic carbocycles. The zero-order valence-electron chi connectivity index (χ0n) is 16.4. The van der Waals surface area contributed by atoms with Crippen LogP contribution < -0.4 is 10.6 Å². The van der Waals surface area contributed by atoms with Crippen LogP contribution >= 0.6 is 15.1 Å². The molecule has 27 heavy (non-hydrogen) atoms. The van der Waals surface area contributed by atoms with Crippen molar-refractivity contribution in [3.05, 3.63) is 83.2 Å². The van der Waals surface area contributed by atoms with Gasteiger partial charge in [-0.05, 0) is 31.9 Å². The number of hydrogen-bond acceptors (Lipinski definition) is 1. The summed E-state index contributed by atoms with van der Waals surface area (Å²) in [5.41, 5.74) is 5.59. The first-order chi connectivity index (χ1) is 12.9. The minimum absolute atomic E-state index is 0.0151. The van der Waals surface area contributed by atoms with Crippen LogP contribution in [-0.2, 0) is 4.57 Å². The minimum atomic E-state index is -2.59. The fraction of sp³-hybridized carbons (Fsp3) is 0.333. The molecule has 1 unspecified atom stereocenters. The van der Waals surface area contributed by atoms with Gasteiger partial charge in [-0.1, -0.05) is 92.2 Å². The lowest BCUT2D eigenvalue weighted by molar-refractivity contribution is 0.392. The van der Waals surface area contributed by atoms with Gasteiger partial charge in [0.2, 0.25) is 0 Å². The van der Waals surface area contributed by atoms with E-state index in [0.29, 0.717) is 11.3 Å². The Bertz CT molecular complexity index is 1020. The molecule has 0 spiro atoms. The van der Waals surface area contributed by atoms with Gasteiger partial charge in [0, 0.05) is 27.7 Å². The van der Waals surface area contributed by atoms with Crippen LogP contribution in [0, 0.1) is 5.41 Å². The van der Waals surface area contributed by atoms with Crippen molar-refractivity contribution in [2.75, 3.05) is 0 Å². The first-order valence-corrected chi connectivity index (χ1v) is 13.1. The number of hydrogen-bond donors (Lipinski definition) is 0. The molecule has 2 bridgehead atoms. The Hall–Kier alpha value is -1.42. The third-order valence-electron chi connectivity index (χ3n) is 7.40. The van der Waals surface area contributed by atoms with Gasteiger partial charge in [0.05, 0.1) is 0 Å². The number of fused-ring (bicyclic) bond motifs is 5. The van der Waals surface area contributed by atoms with E-state index in [2.05, 4.69) is 76.0 Å². The Balaban J connectivity index is 1.75. The maximum atomic E-state index is 14.6. The molecule has 0 radical (unpaired) electrons. The number of allylic oxidation sites excluding steroid dienone is 3. The standard InChI is InChI=1S/C24H26OP2/c1-16-15-27(25,20-13-9-6-10-14-20)23-21-17(2)18(3)22(24(16,23)4)26(21)19-11-7-5-8-12-19/h5-15,21-23H,1-4H3/t21-,22+,23+,24-,26-,27?/m0/s1. The quantitative estimate of drug-likeness (QED) is 0.461. The van der Waals surface area contributed by atoms with Crippen LogP contribution in [0.1, 0.15) is 27.7 Å². The molecular weight excluding hydrogens is 366 g/mol. The van der Waals surface area contributed by atoms with Gasteiger partial charge in [0.25, 0.3) is 0 Å². The molecular formula is C24H26OP2. The molecule has 0 saturated carbocycles. The highest BCUT2D eigenvalue weighted by molar-refractivity contribution is 7.78. The smallest absolute Gasteiger partial charge is 0.141 e. The summed E-state index contributed by atoms with van der Waals surface area (Å²) < 4.78 is 14.6. The van der Waals surface area contributed by atoms with Gasteiger partial charge >= 0.3 is 0 Å². The Morgan fingerprint density at radius 1 is 0.889 bits per heavy atom. The van der Waals surface area contributed by atoms with Crippen LogP contribution in [0.2, 0.25) is 0 Å². The van der Waals surface area contributed by atoms with Crippen molar-refractivity contribution in [1.29, 1.82) is 0 Å². The molecule has 3 aliphatic heterocycles. The van der Waals surface area contributed by atoms with E-state index in [1.54, 1.807) is 5.57 Å². The van der Waals surface area contributed by atoms with Crippen molar-refractivity contribution in [3.8, 4) is 0 Å². The normalized spacial score (nSPS) is 39.6. The van der Waals surface area contributed by atoms with Gasteiger partial charge in [-0.15, -0.1) is 0 Å². The summed E-state index contributed by atoms with van der Waals surface area (Å²) >= 11 is 0. The van der Waals surface area contributed by atoms with E-state index in [-0.39, 0.29) is 19.0 Å². The molecule has 3 aliphatic rings. The molecule has 2 aromatic carbocycles. The topological polar surface area (TPSA) is 17.1 Å². The molecule has 138 valence electrons. The predicted molar refractivity (Wildman–Crippen MR) is 118 cm³/mol. The molecule has 1 saturated heterocycles. The summed E-state index contributed by atoms with van der Waals surface area (Å²) in [7, 11) is -2.97. The first kappa shape index (κ1) is 17.7. The highest BCUT2D eigenvalue weighted by atomic mass is 31.2. The molecule has 2 aromatic rings. The third-order valence-corrected chi connectivity index (χ3v) is 14.8. The van der Waals surface area contributed by atoms with Crippen molar-refractivity contribution in [2.24, 2.45) is 5.41 Å². The van der Waals surface area contributed by atoms with E-state index in [1.807, 2.05) is 18.2 Å². The highest BCUT2D eigenvalue weighted by Gasteiger charge is 2.70. The molecule has 6 atom stereocenters. The number of benzene rings is 2. The van der Waals surface area contributed by atoms with E-state index < -0.39 is 7.14 Å². The van der Waals surface area contributed by atoms with E-state index in [1.165, 1.54) is 16.5 Å². The van der Waals surface area contributed by atoms with Gasteiger partial charge < -0.3 is 4.57 Å². The van der Waals surface area contributed by atoms with Crippen molar-refractivity contribution in [3.63, 3.8) is 0 Å². The van der Waals surface area contributed by atoms with Gasteiger partial charge in [-0.3, -0.25) is 0 Å². The molecule has 1 fully saturated rings. The summed E-state index contributed by atoms with van der Waals surface area (Å²) in [4.78, 5) is 0. The maximum absolute atomic E-state index is 14.6. The van der Waals surface area contributed by atoms with E-state index >= 15 is 0 Å². The zero-order valence-corrected chi connectivity index (χ0v) is 18.2. The van der Waals surface area contributed by atoms with Crippen molar-refractivity contribution < 1.29 is 4.57 Å². The fourth-order valence-electron chi connectivity index (χ4n) is 6.01. The van der Waals surface area contributed by atoms with E-state index in [4.69, 9.17) is 0 Å². The Kier molecular flexibility index (Phi) is 3.79. The van der Waals surface area contributed by atoms with Crippen molar-refractivity contribution in [2.45, 2.75) is 44.7 Å². The number of rotatable bonds is 2. The van der Waals surface area contributed by atoms with Gasteiger partial charge in [-0.25, -0.2) is 0 Å². The second-order valence-corrected chi connectivity index (χ2v) is 13.7.